The van der Waals surface area contributed by atoms with Crippen LogP contribution in [0.5, 0.6) is 11.5 Å². The van der Waals surface area contributed by atoms with E-state index in [1.165, 1.54) is 24.8 Å². The van der Waals surface area contributed by atoms with Crippen LogP contribution in [0.15, 0.2) is 42.5 Å². The third-order valence-electron chi connectivity index (χ3n) is 4.10. The third kappa shape index (κ3) is 6.79. The number of hydrogen-bond acceptors (Lipinski definition) is 3. The lowest BCUT2D eigenvalue weighted by Gasteiger charge is -2.11. The van der Waals surface area contributed by atoms with Crippen molar-refractivity contribution in [3.63, 3.8) is 0 Å². The number of carbonyl (C=O) groups excluding carboxylic acids is 1. The molecule has 0 spiro atoms. The molecule has 26 heavy (non-hydrogen) atoms. The molecule has 0 heterocycles. The van der Waals surface area contributed by atoms with Crippen LogP contribution >= 0.6 is 0 Å². The van der Waals surface area contributed by atoms with Gasteiger partial charge < -0.3 is 14.8 Å². The van der Waals surface area contributed by atoms with Gasteiger partial charge in [0.05, 0.1) is 6.61 Å². The Morgan fingerprint density at radius 2 is 1.73 bits per heavy atom. The second-order valence-electron chi connectivity index (χ2n) is 6.54. The van der Waals surface area contributed by atoms with Gasteiger partial charge >= 0.3 is 0 Å². The van der Waals surface area contributed by atoms with Crippen LogP contribution in [0, 0.1) is 13.8 Å². The summed E-state index contributed by atoms with van der Waals surface area (Å²) in [6, 6.07) is 13.4. The van der Waals surface area contributed by atoms with Crippen molar-refractivity contribution in [2.75, 3.05) is 18.5 Å². The fourth-order valence-electron chi connectivity index (χ4n) is 2.66. The molecule has 0 aliphatic carbocycles. The summed E-state index contributed by atoms with van der Waals surface area (Å²) in [4.78, 5) is 12.1. The van der Waals surface area contributed by atoms with Crippen molar-refractivity contribution in [1.29, 1.82) is 0 Å². The number of rotatable bonds is 10. The van der Waals surface area contributed by atoms with E-state index in [2.05, 4.69) is 12.2 Å². The summed E-state index contributed by atoms with van der Waals surface area (Å²) in [5.74, 6) is 1.23. The molecule has 2 aromatic rings. The first-order valence-electron chi connectivity index (χ1n) is 9.31. The molecule has 0 saturated carbocycles. The van der Waals surface area contributed by atoms with Gasteiger partial charge in [0.2, 0.25) is 0 Å². The second kappa shape index (κ2) is 10.5. The fourth-order valence-corrected chi connectivity index (χ4v) is 2.66. The average molecular weight is 355 g/mol. The van der Waals surface area contributed by atoms with Crippen LogP contribution < -0.4 is 14.8 Å². The van der Waals surface area contributed by atoms with E-state index in [-0.39, 0.29) is 12.5 Å². The Labute approximate surface area is 156 Å². The lowest BCUT2D eigenvalue weighted by Crippen LogP contribution is -2.20. The number of carbonyl (C=O) groups is 1. The zero-order chi connectivity index (χ0) is 18.8. The minimum absolute atomic E-state index is 0.0345. The normalized spacial score (nSPS) is 10.4. The zero-order valence-electron chi connectivity index (χ0n) is 16.0. The molecule has 0 aromatic heterocycles. The van der Waals surface area contributed by atoms with Gasteiger partial charge in [0.25, 0.3) is 5.91 Å². The molecule has 0 unspecified atom stereocenters. The largest absolute Gasteiger partial charge is 0.493 e. The SMILES string of the molecule is CCCCCCOc1cccc(OCC(=O)Nc2ccc(C)cc2C)c1. The predicted molar refractivity (Wildman–Crippen MR) is 106 cm³/mol. The van der Waals surface area contributed by atoms with Crippen molar-refractivity contribution >= 4 is 11.6 Å². The summed E-state index contributed by atoms with van der Waals surface area (Å²) < 4.78 is 11.3. The molecule has 0 atom stereocenters. The summed E-state index contributed by atoms with van der Waals surface area (Å²) in [6.07, 6.45) is 4.69. The van der Waals surface area contributed by atoms with Crippen molar-refractivity contribution in [3.05, 3.63) is 53.6 Å². The standard InChI is InChI=1S/C22H29NO3/c1-4-5-6-7-13-25-19-9-8-10-20(15-19)26-16-22(24)23-21-12-11-17(2)14-18(21)3/h8-12,14-15H,4-7,13,16H2,1-3H3,(H,23,24). The molecule has 0 aliphatic rings. The molecular weight excluding hydrogens is 326 g/mol. The summed E-state index contributed by atoms with van der Waals surface area (Å²) in [5, 5.41) is 2.88. The number of benzene rings is 2. The van der Waals surface area contributed by atoms with Gasteiger partial charge in [-0.25, -0.2) is 0 Å². The highest BCUT2D eigenvalue weighted by Crippen LogP contribution is 2.20. The Morgan fingerprint density at radius 3 is 2.46 bits per heavy atom. The van der Waals surface area contributed by atoms with Gasteiger partial charge in [0.1, 0.15) is 11.5 Å². The predicted octanol–water partition coefficient (Wildman–Crippen LogP) is 5.28. The molecule has 4 nitrogen and oxygen atoms in total. The Bertz CT molecular complexity index is 712. The summed E-state index contributed by atoms with van der Waals surface area (Å²) in [5.41, 5.74) is 3.02. The van der Waals surface area contributed by atoms with Gasteiger partial charge in [-0.2, -0.15) is 0 Å². The first kappa shape index (κ1) is 19.8. The Kier molecular flexibility index (Phi) is 8.00. The fraction of sp³-hybridized carbons (Fsp3) is 0.409. The van der Waals surface area contributed by atoms with E-state index in [9.17, 15) is 4.79 Å². The Morgan fingerprint density at radius 1 is 0.962 bits per heavy atom. The molecule has 1 N–H and O–H groups in total. The third-order valence-corrected chi connectivity index (χ3v) is 4.10. The maximum atomic E-state index is 12.1. The van der Waals surface area contributed by atoms with Crippen LogP contribution in [0.2, 0.25) is 0 Å². The topological polar surface area (TPSA) is 47.6 Å². The van der Waals surface area contributed by atoms with Crippen molar-refractivity contribution in [2.24, 2.45) is 0 Å². The number of ether oxygens (including phenoxy) is 2. The summed E-state index contributed by atoms with van der Waals surface area (Å²) in [7, 11) is 0. The highest BCUT2D eigenvalue weighted by Gasteiger charge is 2.06. The second-order valence-corrected chi connectivity index (χ2v) is 6.54. The molecule has 4 heteroatoms. The van der Waals surface area contributed by atoms with Crippen LogP contribution in [0.3, 0.4) is 0 Å². The quantitative estimate of drug-likeness (QED) is 0.590. The minimum atomic E-state index is -0.178. The van der Waals surface area contributed by atoms with Gasteiger partial charge in [0, 0.05) is 11.8 Å². The van der Waals surface area contributed by atoms with Crippen LogP contribution in [-0.2, 0) is 4.79 Å². The molecule has 0 fully saturated rings. The molecule has 0 aliphatic heterocycles. The maximum absolute atomic E-state index is 12.1. The number of aryl methyl sites for hydroxylation is 2. The lowest BCUT2D eigenvalue weighted by atomic mass is 10.1. The van der Waals surface area contributed by atoms with Crippen LogP contribution in [0.1, 0.15) is 43.7 Å². The monoisotopic (exact) mass is 355 g/mol. The van der Waals surface area contributed by atoms with E-state index in [0.717, 1.165) is 23.4 Å². The smallest absolute Gasteiger partial charge is 0.262 e. The highest BCUT2D eigenvalue weighted by molar-refractivity contribution is 5.92. The van der Waals surface area contributed by atoms with Gasteiger partial charge in [-0.05, 0) is 44.0 Å². The van der Waals surface area contributed by atoms with Crippen LogP contribution in [0.4, 0.5) is 5.69 Å². The molecule has 0 bridgehead atoms. The number of nitrogens with one attached hydrogen (secondary N) is 1. The van der Waals surface area contributed by atoms with Crippen LogP contribution in [-0.4, -0.2) is 19.1 Å². The van der Waals surface area contributed by atoms with Crippen molar-refractivity contribution in [3.8, 4) is 11.5 Å². The number of anilines is 1. The van der Waals surface area contributed by atoms with E-state index in [1.54, 1.807) is 0 Å². The summed E-state index contributed by atoms with van der Waals surface area (Å²) in [6.45, 7) is 6.87. The summed E-state index contributed by atoms with van der Waals surface area (Å²) >= 11 is 0. The van der Waals surface area contributed by atoms with Gasteiger partial charge in [-0.1, -0.05) is 49.9 Å². The van der Waals surface area contributed by atoms with Crippen LogP contribution in [0.25, 0.3) is 0 Å². The van der Waals surface area contributed by atoms with E-state index in [0.29, 0.717) is 12.4 Å². The lowest BCUT2D eigenvalue weighted by molar-refractivity contribution is -0.118. The Hall–Kier alpha value is -2.49. The molecule has 2 aromatic carbocycles. The minimum Gasteiger partial charge on any atom is -0.493 e. The van der Waals surface area contributed by atoms with E-state index in [4.69, 9.17) is 9.47 Å². The first-order valence-corrected chi connectivity index (χ1v) is 9.31. The Balaban J connectivity index is 1.79. The molecule has 2 rings (SSSR count). The van der Waals surface area contributed by atoms with Gasteiger partial charge in [-0.3, -0.25) is 4.79 Å². The highest BCUT2D eigenvalue weighted by atomic mass is 16.5. The zero-order valence-corrected chi connectivity index (χ0v) is 16.0. The number of hydrogen-bond donors (Lipinski definition) is 1. The molecule has 140 valence electrons. The number of unbranched alkanes of at least 4 members (excludes halogenated alkanes) is 3. The van der Waals surface area contributed by atoms with Gasteiger partial charge in [0.15, 0.2) is 6.61 Å². The van der Waals surface area contributed by atoms with Crippen molar-refractivity contribution in [1.82, 2.24) is 0 Å². The van der Waals surface area contributed by atoms with E-state index in [1.807, 2.05) is 56.3 Å². The molecular formula is C22H29NO3. The molecule has 0 radical (unpaired) electrons. The van der Waals surface area contributed by atoms with E-state index < -0.39 is 0 Å². The van der Waals surface area contributed by atoms with Crippen molar-refractivity contribution in [2.45, 2.75) is 46.5 Å². The first-order chi connectivity index (χ1) is 12.6. The van der Waals surface area contributed by atoms with Gasteiger partial charge in [-0.15, -0.1) is 0 Å². The van der Waals surface area contributed by atoms with Crippen molar-refractivity contribution < 1.29 is 14.3 Å². The molecule has 1 amide bonds. The average Bonchev–Trinajstić information content (AvgIpc) is 2.63. The molecule has 0 saturated heterocycles. The van der Waals surface area contributed by atoms with E-state index >= 15 is 0 Å². The number of amides is 1. The maximum Gasteiger partial charge on any atom is 0.262 e.